The Hall–Kier alpha value is -1.98. The number of nitrogen functional groups attached to an aromatic ring is 1. The second-order valence-electron chi connectivity index (χ2n) is 5.09. The van der Waals surface area contributed by atoms with Crippen molar-refractivity contribution in [2.75, 3.05) is 25.9 Å². The van der Waals surface area contributed by atoms with E-state index in [0.29, 0.717) is 24.5 Å². The summed E-state index contributed by atoms with van der Waals surface area (Å²) in [5.41, 5.74) is 5.68. The van der Waals surface area contributed by atoms with Crippen LogP contribution in [0.25, 0.3) is 0 Å². The lowest BCUT2D eigenvalue weighted by atomic mass is 9.97. The number of likely N-dealkylation sites (N-methyl/N-ethyl adjacent to an activating group) is 1. The molecule has 3 N–H and O–H groups in total. The molecule has 18 heavy (non-hydrogen) atoms. The molecule has 2 amide bonds. The van der Waals surface area contributed by atoms with Crippen molar-refractivity contribution in [2.45, 2.75) is 19.4 Å². The number of piperazine rings is 1. The fourth-order valence-corrected chi connectivity index (χ4v) is 2.25. The molecule has 0 aromatic carbocycles. The number of nitrogens with one attached hydrogen (secondary N) is 1. The van der Waals surface area contributed by atoms with Gasteiger partial charge in [0.25, 0.3) is 5.91 Å². The maximum Gasteiger partial charge on any atom is 0.271 e. The fourth-order valence-electron chi connectivity index (χ4n) is 2.25. The summed E-state index contributed by atoms with van der Waals surface area (Å²) < 4.78 is 0. The van der Waals surface area contributed by atoms with Gasteiger partial charge >= 0.3 is 0 Å². The molecule has 1 aliphatic heterocycles. The van der Waals surface area contributed by atoms with E-state index in [9.17, 15) is 9.59 Å². The van der Waals surface area contributed by atoms with Crippen LogP contribution in [0.2, 0.25) is 0 Å². The van der Waals surface area contributed by atoms with Crippen LogP contribution in [0.1, 0.15) is 24.3 Å². The van der Waals surface area contributed by atoms with Crippen LogP contribution in [-0.2, 0) is 4.79 Å². The number of nitrogens with two attached hydrogens (primary N) is 1. The minimum atomic E-state index is -0.829. The van der Waals surface area contributed by atoms with Crippen LogP contribution >= 0.6 is 0 Å². The van der Waals surface area contributed by atoms with E-state index in [2.05, 4.69) is 4.98 Å². The molecule has 1 aromatic heterocycles. The summed E-state index contributed by atoms with van der Waals surface area (Å²) in [6.07, 6.45) is 1.57. The standard InChI is InChI=1S/C12H18N4O2/c1-12(2)11(18)15(3)4-5-16(12)10(17)9-6-8(13)7-14-9/h6-7,14H,4-5,13H2,1-3H3. The lowest BCUT2D eigenvalue weighted by Gasteiger charge is -2.44. The number of carbonyl (C=O) groups is 2. The summed E-state index contributed by atoms with van der Waals surface area (Å²) in [6, 6.07) is 1.58. The number of amides is 2. The second kappa shape index (κ2) is 4.04. The molecule has 0 bridgehead atoms. The van der Waals surface area contributed by atoms with Crippen LogP contribution in [-0.4, -0.2) is 52.3 Å². The van der Waals surface area contributed by atoms with Crippen LogP contribution < -0.4 is 5.73 Å². The van der Waals surface area contributed by atoms with Gasteiger partial charge in [0.15, 0.2) is 0 Å². The van der Waals surface area contributed by atoms with E-state index in [1.807, 2.05) is 0 Å². The molecule has 1 saturated heterocycles. The molecule has 0 radical (unpaired) electrons. The SMILES string of the molecule is CN1CCN(C(=O)c2cc(N)c[nH]2)C(C)(C)C1=O. The largest absolute Gasteiger partial charge is 0.397 e. The van der Waals surface area contributed by atoms with E-state index < -0.39 is 5.54 Å². The van der Waals surface area contributed by atoms with Crippen molar-refractivity contribution in [1.82, 2.24) is 14.8 Å². The Morgan fingerprint density at radius 1 is 1.44 bits per heavy atom. The van der Waals surface area contributed by atoms with Gasteiger partial charge < -0.3 is 20.5 Å². The molecule has 1 aliphatic rings. The Bertz CT molecular complexity index is 492. The Kier molecular flexibility index (Phi) is 2.80. The molecule has 2 heterocycles. The van der Waals surface area contributed by atoms with E-state index in [0.717, 1.165) is 0 Å². The zero-order valence-corrected chi connectivity index (χ0v) is 10.9. The van der Waals surface area contributed by atoms with Crippen LogP contribution in [0.5, 0.6) is 0 Å². The topological polar surface area (TPSA) is 82.4 Å². The molecule has 0 aliphatic carbocycles. The van der Waals surface area contributed by atoms with Crippen molar-refractivity contribution < 1.29 is 9.59 Å². The molecule has 98 valence electrons. The minimum Gasteiger partial charge on any atom is -0.397 e. The summed E-state index contributed by atoms with van der Waals surface area (Å²) in [7, 11) is 1.75. The zero-order chi connectivity index (χ0) is 13.5. The molecular formula is C12H18N4O2. The third kappa shape index (κ3) is 1.83. The van der Waals surface area contributed by atoms with Crippen molar-refractivity contribution in [3.8, 4) is 0 Å². The molecule has 6 heteroatoms. The van der Waals surface area contributed by atoms with Gasteiger partial charge in [-0.05, 0) is 19.9 Å². The zero-order valence-electron chi connectivity index (χ0n) is 10.9. The maximum absolute atomic E-state index is 12.3. The average molecular weight is 250 g/mol. The second-order valence-corrected chi connectivity index (χ2v) is 5.09. The van der Waals surface area contributed by atoms with Gasteiger partial charge in [-0.3, -0.25) is 9.59 Å². The Balaban J connectivity index is 2.28. The van der Waals surface area contributed by atoms with Crippen molar-refractivity contribution in [2.24, 2.45) is 0 Å². The Morgan fingerprint density at radius 2 is 2.11 bits per heavy atom. The highest BCUT2D eigenvalue weighted by atomic mass is 16.2. The first-order valence-corrected chi connectivity index (χ1v) is 5.85. The van der Waals surface area contributed by atoms with Gasteiger partial charge in [0.2, 0.25) is 5.91 Å². The first-order valence-electron chi connectivity index (χ1n) is 5.85. The first-order chi connectivity index (χ1) is 8.34. The quantitative estimate of drug-likeness (QED) is 0.751. The molecule has 0 unspecified atom stereocenters. The number of aromatic nitrogens is 1. The van der Waals surface area contributed by atoms with Crippen molar-refractivity contribution in [3.05, 3.63) is 18.0 Å². The molecule has 0 saturated carbocycles. The van der Waals surface area contributed by atoms with Crippen LogP contribution in [0.3, 0.4) is 0 Å². The van der Waals surface area contributed by atoms with Gasteiger partial charge in [0.05, 0.1) is 0 Å². The number of hydrogen-bond donors (Lipinski definition) is 2. The smallest absolute Gasteiger partial charge is 0.271 e. The lowest BCUT2D eigenvalue weighted by Crippen LogP contribution is -2.63. The number of aromatic amines is 1. The molecule has 1 fully saturated rings. The predicted molar refractivity (Wildman–Crippen MR) is 68.0 cm³/mol. The van der Waals surface area contributed by atoms with Crippen LogP contribution in [0, 0.1) is 0 Å². The Labute approximate surface area is 106 Å². The number of rotatable bonds is 1. The lowest BCUT2D eigenvalue weighted by molar-refractivity contribution is -0.144. The van der Waals surface area contributed by atoms with Crippen molar-refractivity contribution in [1.29, 1.82) is 0 Å². The molecule has 2 rings (SSSR count). The molecular weight excluding hydrogens is 232 g/mol. The summed E-state index contributed by atoms with van der Waals surface area (Å²) in [5, 5.41) is 0. The molecule has 1 aromatic rings. The number of nitrogens with zero attached hydrogens (tertiary/aromatic N) is 2. The van der Waals surface area contributed by atoms with Crippen molar-refractivity contribution in [3.63, 3.8) is 0 Å². The minimum absolute atomic E-state index is 0.0540. The first kappa shape index (κ1) is 12.5. The number of carbonyl (C=O) groups excluding carboxylic acids is 2. The van der Waals surface area contributed by atoms with Gasteiger partial charge in [0.1, 0.15) is 11.2 Å². The Morgan fingerprint density at radius 3 is 2.67 bits per heavy atom. The number of H-pyrrole nitrogens is 1. The monoisotopic (exact) mass is 250 g/mol. The van der Waals surface area contributed by atoms with Gasteiger partial charge in [-0.2, -0.15) is 0 Å². The predicted octanol–water partition coefficient (Wildman–Crippen LogP) is 0.290. The highest BCUT2D eigenvalue weighted by Crippen LogP contribution is 2.24. The van der Waals surface area contributed by atoms with Gasteiger partial charge in [0, 0.05) is 32.0 Å². The third-order valence-electron chi connectivity index (χ3n) is 3.38. The summed E-state index contributed by atoms with van der Waals surface area (Å²) >= 11 is 0. The number of hydrogen-bond acceptors (Lipinski definition) is 3. The fraction of sp³-hybridized carbons (Fsp3) is 0.500. The maximum atomic E-state index is 12.3. The van der Waals surface area contributed by atoms with E-state index in [4.69, 9.17) is 5.73 Å². The van der Waals surface area contributed by atoms with E-state index in [1.165, 1.54) is 0 Å². The highest BCUT2D eigenvalue weighted by Gasteiger charge is 2.43. The van der Waals surface area contributed by atoms with Crippen LogP contribution in [0.15, 0.2) is 12.3 Å². The number of anilines is 1. The third-order valence-corrected chi connectivity index (χ3v) is 3.38. The normalized spacial score (nSPS) is 19.2. The van der Waals surface area contributed by atoms with E-state index in [1.54, 1.807) is 43.0 Å². The van der Waals surface area contributed by atoms with E-state index >= 15 is 0 Å². The van der Waals surface area contributed by atoms with Crippen molar-refractivity contribution >= 4 is 17.5 Å². The molecule has 6 nitrogen and oxygen atoms in total. The summed E-state index contributed by atoms with van der Waals surface area (Å²) in [5.74, 6) is -0.250. The van der Waals surface area contributed by atoms with E-state index in [-0.39, 0.29) is 11.8 Å². The summed E-state index contributed by atoms with van der Waals surface area (Å²) in [6.45, 7) is 4.58. The van der Waals surface area contributed by atoms with Crippen LogP contribution in [0.4, 0.5) is 5.69 Å². The average Bonchev–Trinajstić information content (AvgIpc) is 2.72. The highest BCUT2D eigenvalue weighted by molar-refractivity contribution is 5.99. The molecule has 0 atom stereocenters. The molecule has 0 spiro atoms. The summed E-state index contributed by atoms with van der Waals surface area (Å²) in [4.78, 5) is 30.5. The van der Waals surface area contributed by atoms with Gasteiger partial charge in [-0.25, -0.2) is 0 Å². The van der Waals surface area contributed by atoms with Gasteiger partial charge in [-0.15, -0.1) is 0 Å². The van der Waals surface area contributed by atoms with Gasteiger partial charge in [-0.1, -0.05) is 0 Å².